The van der Waals surface area contributed by atoms with Crippen molar-refractivity contribution in [3.8, 4) is 0 Å². The van der Waals surface area contributed by atoms with Crippen LogP contribution in [0.1, 0.15) is 32.0 Å². The Bertz CT molecular complexity index is 661. The van der Waals surface area contributed by atoms with Gasteiger partial charge in [-0.1, -0.05) is 6.92 Å². The molecule has 0 aromatic carbocycles. The number of aliphatic hydroxyl groups is 1. The van der Waals surface area contributed by atoms with Gasteiger partial charge >= 0.3 is 6.18 Å². The second-order valence-electron chi connectivity index (χ2n) is 6.75. The molecule has 1 aromatic heterocycles. The van der Waals surface area contributed by atoms with Crippen LogP contribution in [-0.2, 0) is 22.2 Å². The first-order chi connectivity index (χ1) is 12.0. The predicted molar refractivity (Wildman–Crippen MR) is 85.8 cm³/mol. The van der Waals surface area contributed by atoms with E-state index in [0.717, 1.165) is 17.2 Å². The van der Waals surface area contributed by atoms with Gasteiger partial charge in [-0.3, -0.25) is 9.59 Å². The third-order valence-electron chi connectivity index (χ3n) is 4.43. The number of nitrogens with zero attached hydrogens (tertiary/aromatic N) is 3. The second-order valence-corrected chi connectivity index (χ2v) is 6.75. The highest BCUT2D eigenvalue weighted by Crippen LogP contribution is 2.40. The van der Waals surface area contributed by atoms with Crippen LogP contribution in [0.25, 0.3) is 0 Å². The van der Waals surface area contributed by atoms with Crippen LogP contribution < -0.4 is 5.32 Å². The standard InChI is InChI=1S/C16H23F3N4O3/c1-11(10-23-6-3-4-13(23)25)9-21-12(24)8-15(26,16(17,18)19)14-20-5-7-22(14)2/h5,7,11,26H,3-4,6,8-10H2,1-2H3,(H,21,24)/t11-,15-/m1/s1. The monoisotopic (exact) mass is 376 g/mol. The van der Waals surface area contributed by atoms with Gasteiger partial charge in [-0.15, -0.1) is 0 Å². The van der Waals surface area contributed by atoms with E-state index >= 15 is 0 Å². The average Bonchev–Trinajstić information content (AvgIpc) is 3.13. The SMILES string of the molecule is C[C@H](CNC(=O)C[C@@](O)(c1nccn1C)C(F)(F)F)CN1CCCC1=O. The Balaban J connectivity index is 1.95. The van der Waals surface area contributed by atoms with Crippen molar-refractivity contribution < 1.29 is 27.9 Å². The van der Waals surface area contributed by atoms with Crippen LogP contribution in [0, 0.1) is 5.92 Å². The molecule has 0 saturated carbocycles. The van der Waals surface area contributed by atoms with Crippen LogP contribution in [0.3, 0.4) is 0 Å². The van der Waals surface area contributed by atoms with E-state index in [9.17, 15) is 27.9 Å². The van der Waals surface area contributed by atoms with Crippen LogP contribution in [0.2, 0.25) is 0 Å². The quantitative estimate of drug-likeness (QED) is 0.741. The van der Waals surface area contributed by atoms with E-state index in [2.05, 4.69) is 10.3 Å². The van der Waals surface area contributed by atoms with Crippen LogP contribution >= 0.6 is 0 Å². The van der Waals surface area contributed by atoms with E-state index in [1.807, 2.05) is 0 Å². The molecule has 1 aliphatic heterocycles. The first-order valence-electron chi connectivity index (χ1n) is 8.36. The topological polar surface area (TPSA) is 87.5 Å². The number of rotatable bonds is 7. The zero-order valence-electron chi connectivity index (χ0n) is 14.7. The molecule has 2 rings (SSSR count). The number of halogens is 3. The van der Waals surface area contributed by atoms with E-state index in [-0.39, 0.29) is 18.4 Å². The van der Waals surface area contributed by atoms with Gasteiger partial charge in [0.15, 0.2) is 5.82 Å². The molecule has 2 N–H and O–H groups in total. The Morgan fingerprint density at radius 1 is 1.46 bits per heavy atom. The summed E-state index contributed by atoms with van der Waals surface area (Å²) in [5.74, 6) is -1.65. The number of aryl methyl sites for hydroxylation is 1. The molecule has 0 radical (unpaired) electrons. The molecule has 1 fully saturated rings. The molecule has 10 heteroatoms. The minimum atomic E-state index is -5.06. The molecule has 0 spiro atoms. The molecule has 0 unspecified atom stereocenters. The number of carbonyl (C=O) groups is 2. The lowest BCUT2D eigenvalue weighted by Crippen LogP contribution is -2.48. The van der Waals surface area contributed by atoms with Crippen molar-refractivity contribution in [1.82, 2.24) is 19.8 Å². The van der Waals surface area contributed by atoms with Crippen molar-refractivity contribution in [1.29, 1.82) is 0 Å². The van der Waals surface area contributed by atoms with Crippen LogP contribution in [-0.4, -0.2) is 57.2 Å². The Morgan fingerprint density at radius 2 is 2.15 bits per heavy atom. The summed E-state index contributed by atoms with van der Waals surface area (Å²) in [5, 5.41) is 12.6. The Morgan fingerprint density at radius 3 is 2.65 bits per heavy atom. The van der Waals surface area contributed by atoms with Gasteiger partial charge in [0, 0.05) is 45.5 Å². The summed E-state index contributed by atoms with van der Waals surface area (Å²) < 4.78 is 41.2. The maximum Gasteiger partial charge on any atom is 0.425 e. The number of hydrogen-bond acceptors (Lipinski definition) is 4. The fraction of sp³-hybridized carbons (Fsp3) is 0.688. The number of aromatic nitrogens is 2. The fourth-order valence-corrected chi connectivity index (χ4v) is 2.99. The summed E-state index contributed by atoms with van der Waals surface area (Å²) in [7, 11) is 1.31. The first kappa shape index (κ1) is 20.2. The summed E-state index contributed by atoms with van der Waals surface area (Å²) in [6, 6.07) is 0. The van der Waals surface area contributed by atoms with E-state index in [1.165, 1.54) is 13.2 Å². The van der Waals surface area contributed by atoms with Crippen molar-refractivity contribution in [2.75, 3.05) is 19.6 Å². The molecule has 7 nitrogen and oxygen atoms in total. The highest BCUT2D eigenvalue weighted by atomic mass is 19.4. The van der Waals surface area contributed by atoms with Gasteiger partial charge < -0.3 is 19.9 Å². The minimum Gasteiger partial charge on any atom is -0.374 e. The molecule has 146 valence electrons. The smallest absolute Gasteiger partial charge is 0.374 e. The minimum absolute atomic E-state index is 0.0457. The van der Waals surface area contributed by atoms with Gasteiger partial charge in [0.2, 0.25) is 17.4 Å². The molecule has 1 saturated heterocycles. The number of nitrogens with one attached hydrogen (secondary N) is 1. The largest absolute Gasteiger partial charge is 0.425 e. The average molecular weight is 376 g/mol. The molecular formula is C16H23F3N4O3. The third-order valence-corrected chi connectivity index (χ3v) is 4.43. The number of alkyl halides is 3. The summed E-state index contributed by atoms with van der Waals surface area (Å²) in [6.45, 7) is 2.99. The van der Waals surface area contributed by atoms with E-state index < -0.39 is 29.9 Å². The lowest BCUT2D eigenvalue weighted by molar-refractivity contribution is -0.271. The molecule has 2 atom stereocenters. The number of imidazole rings is 1. The molecular weight excluding hydrogens is 353 g/mol. The molecule has 26 heavy (non-hydrogen) atoms. The normalized spacial score (nSPS) is 18.7. The first-order valence-corrected chi connectivity index (χ1v) is 8.36. The number of carbonyl (C=O) groups excluding carboxylic acids is 2. The second kappa shape index (κ2) is 7.65. The van der Waals surface area contributed by atoms with Crippen molar-refractivity contribution in [3.63, 3.8) is 0 Å². The summed E-state index contributed by atoms with van der Waals surface area (Å²) in [6.07, 6.45) is -2.56. The lowest BCUT2D eigenvalue weighted by Gasteiger charge is -2.29. The van der Waals surface area contributed by atoms with Gasteiger partial charge in [-0.2, -0.15) is 13.2 Å². The zero-order valence-corrected chi connectivity index (χ0v) is 14.7. The van der Waals surface area contributed by atoms with Gasteiger partial charge in [-0.05, 0) is 12.3 Å². The van der Waals surface area contributed by atoms with Crippen LogP contribution in [0.5, 0.6) is 0 Å². The fourth-order valence-electron chi connectivity index (χ4n) is 2.99. The van der Waals surface area contributed by atoms with Crippen LogP contribution in [0.4, 0.5) is 13.2 Å². The molecule has 2 amide bonds. The highest BCUT2D eigenvalue weighted by molar-refractivity contribution is 5.78. The van der Waals surface area contributed by atoms with Crippen molar-refractivity contribution in [3.05, 3.63) is 18.2 Å². The number of hydrogen-bond donors (Lipinski definition) is 2. The van der Waals surface area contributed by atoms with Crippen molar-refractivity contribution in [2.45, 2.75) is 38.0 Å². The van der Waals surface area contributed by atoms with Gasteiger partial charge in [0.05, 0.1) is 6.42 Å². The van der Waals surface area contributed by atoms with Crippen molar-refractivity contribution in [2.24, 2.45) is 13.0 Å². The molecule has 0 bridgehead atoms. The molecule has 1 aromatic rings. The van der Waals surface area contributed by atoms with Gasteiger partial charge in [0.25, 0.3) is 0 Å². The lowest BCUT2D eigenvalue weighted by atomic mass is 9.97. The Labute approximate surface area is 149 Å². The number of likely N-dealkylation sites (tertiary alicyclic amines) is 1. The maximum atomic E-state index is 13.4. The predicted octanol–water partition coefficient (Wildman–Crippen LogP) is 0.935. The maximum absolute atomic E-state index is 13.4. The van der Waals surface area contributed by atoms with E-state index in [0.29, 0.717) is 19.5 Å². The van der Waals surface area contributed by atoms with E-state index in [4.69, 9.17) is 0 Å². The molecule has 0 aliphatic carbocycles. The van der Waals surface area contributed by atoms with Gasteiger partial charge in [-0.25, -0.2) is 4.98 Å². The van der Waals surface area contributed by atoms with E-state index in [1.54, 1.807) is 11.8 Å². The van der Waals surface area contributed by atoms with Gasteiger partial charge in [0.1, 0.15) is 0 Å². The van der Waals surface area contributed by atoms with Crippen molar-refractivity contribution >= 4 is 11.8 Å². The molecule has 2 heterocycles. The molecule has 1 aliphatic rings. The number of amides is 2. The third kappa shape index (κ3) is 4.35. The van der Waals surface area contributed by atoms with Crippen LogP contribution in [0.15, 0.2) is 12.4 Å². The zero-order chi connectivity index (χ0) is 19.5. The Kier molecular flexibility index (Phi) is 5.94. The summed E-state index contributed by atoms with van der Waals surface area (Å²) in [4.78, 5) is 28.8. The summed E-state index contributed by atoms with van der Waals surface area (Å²) in [5.41, 5.74) is -3.37. The highest BCUT2D eigenvalue weighted by Gasteiger charge is 2.58. The summed E-state index contributed by atoms with van der Waals surface area (Å²) >= 11 is 0. The Hall–Kier alpha value is -2.10.